The van der Waals surface area contributed by atoms with Crippen LogP contribution in [0, 0.1) is 0 Å². The summed E-state index contributed by atoms with van der Waals surface area (Å²) in [7, 11) is 1.62. The zero-order chi connectivity index (χ0) is 24.9. The number of nitrogens with zero attached hydrogens (tertiary/aromatic N) is 1. The fraction of sp³-hybridized carbons (Fsp3) is 0.286. The van der Waals surface area contributed by atoms with Crippen LogP contribution >= 0.6 is 0 Å². The summed E-state index contributed by atoms with van der Waals surface area (Å²) in [6.07, 6.45) is 2.58. The molecule has 2 heterocycles. The Hall–Kier alpha value is -4.04. The van der Waals surface area contributed by atoms with E-state index in [0.29, 0.717) is 23.4 Å². The van der Waals surface area contributed by atoms with E-state index >= 15 is 0 Å². The van der Waals surface area contributed by atoms with Gasteiger partial charge in [0.25, 0.3) is 11.8 Å². The van der Waals surface area contributed by atoms with Gasteiger partial charge < -0.3 is 30.9 Å². The summed E-state index contributed by atoms with van der Waals surface area (Å²) in [6, 6.07) is 18.6. The zero-order valence-electron chi connectivity index (χ0n) is 20.4. The quantitative estimate of drug-likeness (QED) is 0.358. The van der Waals surface area contributed by atoms with Gasteiger partial charge in [0.15, 0.2) is 0 Å². The van der Waals surface area contributed by atoms with Gasteiger partial charge in [-0.15, -0.1) is 0 Å². The smallest absolute Gasteiger partial charge is 0.255 e. The first kappa shape index (κ1) is 23.7. The molecule has 0 bridgehead atoms. The van der Waals surface area contributed by atoms with E-state index in [9.17, 15) is 9.59 Å². The van der Waals surface area contributed by atoms with Gasteiger partial charge in [0.2, 0.25) is 0 Å². The van der Waals surface area contributed by atoms with Crippen LogP contribution in [-0.4, -0.2) is 50.0 Å². The van der Waals surface area contributed by atoms with Crippen LogP contribution in [0.2, 0.25) is 0 Å². The Labute approximate surface area is 211 Å². The molecule has 4 N–H and O–H groups in total. The minimum absolute atomic E-state index is 0.202. The molecule has 186 valence electrons. The molecule has 8 nitrogen and oxygen atoms in total. The molecule has 0 atom stereocenters. The van der Waals surface area contributed by atoms with Crippen molar-refractivity contribution in [1.29, 1.82) is 0 Å². The standard InChI is InChI=1S/C28H31N5O3/c1-36-22-6-4-5-21(17-22)31-24-11-12-25(26-23(24)18-30-28(26)35)32-27(34)19-7-9-20(10-8-19)29-13-16-33-14-2-3-15-33/h4-12,17,29,31H,2-3,13-16,18H2,1H3,(H,30,35)(H,32,34). The predicted molar refractivity (Wildman–Crippen MR) is 142 cm³/mol. The largest absolute Gasteiger partial charge is 0.497 e. The molecule has 1 saturated heterocycles. The third kappa shape index (κ3) is 5.28. The fourth-order valence-electron chi connectivity index (χ4n) is 4.72. The van der Waals surface area contributed by atoms with Gasteiger partial charge in [-0.3, -0.25) is 9.59 Å². The summed E-state index contributed by atoms with van der Waals surface area (Å²) in [4.78, 5) is 28.1. The average molecular weight is 486 g/mol. The van der Waals surface area contributed by atoms with Gasteiger partial charge in [0.05, 0.1) is 18.4 Å². The summed E-state index contributed by atoms with van der Waals surface area (Å²) in [6.45, 7) is 4.66. The molecule has 3 aromatic rings. The van der Waals surface area contributed by atoms with E-state index < -0.39 is 0 Å². The van der Waals surface area contributed by atoms with Crippen LogP contribution in [0.4, 0.5) is 22.7 Å². The van der Waals surface area contributed by atoms with Gasteiger partial charge in [-0.2, -0.15) is 0 Å². The number of hydrogen-bond donors (Lipinski definition) is 4. The third-order valence-electron chi connectivity index (χ3n) is 6.67. The first-order valence-corrected chi connectivity index (χ1v) is 12.3. The van der Waals surface area contributed by atoms with Crippen LogP contribution in [0.15, 0.2) is 60.7 Å². The summed E-state index contributed by atoms with van der Waals surface area (Å²) in [5.41, 5.74) is 4.97. The highest BCUT2D eigenvalue weighted by Crippen LogP contribution is 2.33. The maximum atomic E-state index is 13.0. The highest BCUT2D eigenvalue weighted by Gasteiger charge is 2.26. The average Bonchev–Trinajstić information content (AvgIpc) is 3.56. The number of likely N-dealkylation sites (tertiary alicyclic amines) is 1. The van der Waals surface area contributed by atoms with Gasteiger partial charge in [-0.05, 0) is 74.5 Å². The van der Waals surface area contributed by atoms with Crippen LogP contribution in [0.5, 0.6) is 5.75 Å². The van der Waals surface area contributed by atoms with Gasteiger partial charge >= 0.3 is 0 Å². The number of carbonyl (C=O) groups is 2. The number of hydrogen-bond acceptors (Lipinski definition) is 6. The summed E-state index contributed by atoms with van der Waals surface area (Å²) >= 11 is 0. The zero-order valence-corrected chi connectivity index (χ0v) is 20.4. The molecule has 1 fully saturated rings. The molecule has 0 aromatic heterocycles. The van der Waals surface area contributed by atoms with Crippen molar-refractivity contribution < 1.29 is 14.3 Å². The van der Waals surface area contributed by atoms with Crippen molar-refractivity contribution in [2.75, 3.05) is 49.2 Å². The number of rotatable bonds is 9. The third-order valence-corrected chi connectivity index (χ3v) is 6.67. The van der Waals surface area contributed by atoms with Crippen molar-refractivity contribution in [3.8, 4) is 5.75 Å². The van der Waals surface area contributed by atoms with Gasteiger partial charge in [0.1, 0.15) is 5.75 Å². The topological polar surface area (TPSA) is 94.7 Å². The molecule has 0 radical (unpaired) electrons. The molecule has 5 rings (SSSR count). The number of nitrogens with one attached hydrogen (secondary N) is 4. The number of carbonyl (C=O) groups excluding carboxylic acids is 2. The van der Waals surface area contributed by atoms with Gasteiger partial charge in [-0.25, -0.2) is 0 Å². The van der Waals surface area contributed by atoms with E-state index in [1.54, 1.807) is 25.3 Å². The van der Waals surface area contributed by atoms with Gasteiger partial charge in [0, 0.05) is 53.9 Å². The number of benzene rings is 3. The Morgan fingerprint density at radius 1 is 1.00 bits per heavy atom. The van der Waals surface area contributed by atoms with E-state index in [0.717, 1.165) is 41.5 Å². The first-order chi connectivity index (χ1) is 17.6. The van der Waals surface area contributed by atoms with Crippen LogP contribution in [-0.2, 0) is 6.54 Å². The number of amides is 2. The van der Waals surface area contributed by atoms with Gasteiger partial charge in [-0.1, -0.05) is 6.07 Å². The minimum Gasteiger partial charge on any atom is -0.497 e. The van der Waals surface area contributed by atoms with E-state index in [-0.39, 0.29) is 11.8 Å². The molecule has 0 unspecified atom stereocenters. The Morgan fingerprint density at radius 3 is 2.56 bits per heavy atom. The van der Waals surface area contributed by atoms with Crippen molar-refractivity contribution in [3.63, 3.8) is 0 Å². The highest BCUT2D eigenvalue weighted by atomic mass is 16.5. The molecule has 0 spiro atoms. The Bertz CT molecular complexity index is 1250. The lowest BCUT2D eigenvalue weighted by atomic mass is 10.0. The summed E-state index contributed by atoms with van der Waals surface area (Å²) in [5, 5.41) is 12.6. The number of fused-ring (bicyclic) bond motifs is 1. The molecule has 0 aliphatic carbocycles. The van der Waals surface area contributed by atoms with Crippen LogP contribution in [0.25, 0.3) is 0 Å². The molecule has 8 heteroatoms. The van der Waals surface area contributed by atoms with Crippen LogP contribution in [0.3, 0.4) is 0 Å². The first-order valence-electron chi connectivity index (χ1n) is 12.3. The number of anilines is 4. The van der Waals surface area contributed by atoms with Crippen molar-refractivity contribution in [1.82, 2.24) is 10.2 Å². The molecule has 2 amide bonds. The monoisotopic (exact) mass is 485 g/mol. The maximum absolute atomic E-state index is 13.0. The molecular formula is C28H31N5O3. The highest BCUT2D eigenvalue weighted by molar-refractivity contribution is 6.11. The summed E-state index contributed by atoms with van der Waals surface area (Å²) in [5.74, 6) is 0.281. The Morgan fingerprint density at radius 2 is 1.78 bits per heavy atom. The van der Waals surface area contributed by atoms with E-state index in [2.05, 4.69) is 26.2 Å². The normalized spacial score (nSPS) is 14.8. The van der Waals surface area contributed by atoms with E-state index in [1.807, 2.05) is 42.5 Å². The van der Waals surface area contributed by atoms with E-state index in [1.165, 1.54) is 25.9 Å². The van der Waals surface area contributed by atoms with Crippen molar-refractivity contribution >= 4 is 34.6 Å². The van der Waals surface area contributed by atoms with Crippen LogP contribution in [0.1, 0.15) is 39.1 Å². The SMILES string of the molecule is COc1cccc(Nc2ccc(NC(=O)c3ccc(NCCN4CCCC4)cc3)c3c2CNC3=O)c1. The lowest BCUT2D eigenvalue weighted by Crippen LogP contribution is -2.25. The Balaban J connectivity index is 1.26. The molecule has 0 saturated carbocycles. The predicted octanol–water partition coefficient (Wildman–Crippen LogP) is 4.44. The maximum Gasteiger partial charge on any atom is 0.255 e. The second-order valence-corrected chi connectivity index (χ2v) is 9.06. The second kappa shape index (κ2) is 10.7. The van der Waals surface area contributed by atoms with Crippen molar-refractivity contribution in [2.45, 2.75) is 19.4 Å². The molecule has 3 aromatic carbocycles. The molecule has 36 heavy (non-hydrogen) atoms. The number of ether oxygens (including phenoxy) is 1. The minimum atomic E-state index is -0.256. The number of methoxy groups -OCH3 is 1. The summed E-state index contributed by atoms with van der Waals surface area (Å²) < 4.78 is 5.29. The van der Waals surface area contributed by atoms with E-state index in [4.69, 9.17) is 4.74 Å². The lowest BCUT2D eigenvalue weighted by molar-refractivity contribution is 0.0966. The molecule has 2 aliphatic rings. The van der Waals surface area contributed by atoms with Crippen LogP contribution < -0.4 is 26.0 Å². The molecule has 2 aliphatic heterocycles. The van der Waals surface area contributed by atoms with Crippen molar-refractivity contribution in [3.05, 3.63) is 77.4 Å². The molecular weight excluding hydrogens is 454 g/mol. The van der Waals surface area contributed by atoms with Crippen molar-refractivity contribution in [2.24, 2.45) is 0 Å². The fourth-order valence-corrected chi connectivity index (χ4v) is 4.72. The lowest BCUT2D eigenvalue weighted by Gasteiger charge is -2.16. The second-order valence-electron chi connectivity index (χ2n) is 9.06. The Kier molecular flexibility index (Phi) is 7.04.